The first kappa shape index (κ1) is 46.9. The van der Waals surface area contributed by atoms with Gasteiger partial charge in [0.1, 0.15) is 30.5 Å². The van der Waals surface area contributed by atoms with E-state index >= 15 is 0 Å². The van der Waals surface area contributed by atoms with Crippen LogP contribution in [0.15, 0.2) is 12.2 Å². The van der Waals surface area contributed by atoms with Crippen molar-refractivity contribution in [3.05, 3.63) is 12.2 Å². The van der Waals surface area contributed by atoms with Gasteiger partial charge in [-0.1, -0.05) is 148 Å². The molecule has 296 valence electrons. The van der Waals surface area contributed by atoms with Crippen LogP contribution in [0, 0.1) is 0 Å². The molecule has 1 rings (SSSR count). The van der Waals surface area contributed by atoms with Crippen molar-refractivity contribution >= 4 is 5.91 Å². The van der Waals surface area contributed by atoms with Crippen LogP contribution in [0.5, 0.6) is 0 Å². The maximum Gasteiger partial charge on any atom is 0.249 e. The number of aliphatic hydroxyl groups excluding tert-OH is 6. The molecule has 0 radical (unpaired) electrons. The van der Waals surface area contributed by atoms with Crippen molar-refractivity contribution in [2.45, 2.75) is 223 Å². The number of carbonyl (C=O) groups excluding carboxylic acids is 1. The summed E-state index contributed by atoms with van der Waals surface area (Å²) in [5, 5.41) is 64.5. The highest BCUT2D eigenvalue weighted by Gasteiger charge is 2.44. The highest BCUT2D eigenvalue weighted by Crippen LogP contribution is 2.23. The summed E-state index contributed by atoms with van der Waals surface area (Å²) in [4.78, 5) is 13.0. The topological polar surface area (TPSA) is 169 Å². The van der Waals surface area contributed by atoms with Gasteiger partial charge in [-0.05, 0) is 38.5 Å². The fourth-order valence-electron chi connectivity index (χ4n) is 6.51. The third-order valence-electron chi connectivity index (χ3n) is 9.98. The molecule has 7 N–H and O–H groups in total. The van der Waals surface area contributed by atoms with Gasteiger partial charge in [0.2, 0.25) is 5.91 Å². The van der Waals surface area contributed by atoms with Gasteiger partial charge in [0.25, 0.3) is 0 Å². The molecule has 1 saturated heterocycles. The van der Waals surface area contributed by atoms with Crippen molar-refractivity contribution in [2.24, 2.45) is 0 Å². The van der Waals surface area contributed by atoms with E-state index in [-0.39, 0.29) is 6.61 Å². The first-order chi connectivity index (χ1) is 24.3. The second kappa shape index (κ2) is 31.4. The van der Waals surface area contributed by atoms with E-state index in [0.717, 1.165) is 51.4 Å². The van der Waals surface area contributed by atoms with Gasteiger partial charge >= 0.3 is 0 Å². The minimum Gasteiger partial charge on any atom is -0.394 e. The van der Waals surface area contributed by atoms with E-state index in [1.807, 2.05) is 0 Å². The highest BCUT2D eigenvalue weighted by atomic mass is 16.7. The quantitative estimate of drug-likeness (QED) is 0.0302. The Bertz CT molecular complexity index is 814. The zero-order valence-electron chi connectivity index (χ0n) is 31.8. The van der Waals surface area contributed by atoms with E-state index < -0.39 is 61.5 Å². The summed E-state index contributed by atoms with van der Waals surface area (Å²) in [6.45, 7) is 3.61. The highest BCUT2D eigenvalue weighted by molar-refractivity contribution is 5.80. The van der Waals surface area contributed by atoms with Crippen LogP contribution in [0.25, 0.3) is 0 Å². The Hall–Kier alpha value is -1.11. The third-order valence-corrected chi connectivity index (χ3v) is 9.98. The summed E-state index contributed by atoms with van der Waals surface area (Å²) in [7, 11) is 0. The minimum absolute atomic E-state index is 0.265. The molecule has 1 fully saturated rings. The van der Waals surface area contributed by atoms with Crippen LogP contribution in [-0.4, -0.2) is 98.7 Å². The molecule has 0 saturated carbocycles. The van der Waals surface area contributed by atoms with E-state index in [1.165, 1.54) is 96.3 Å². The zero-order chi connectivity index (χ0) is 36.8. The first-order valence-electron chi connectivity index (χ1n) is 20.5. The lowest BCUT2D eigenvalue weighted by Gasteiger charge is -2.40. The van der Waals surface area contributed by atoms with Crippen molar-refractivity contribution in [1.29, 1.82) is 0 Å². The number of nitrogens with one attached hydrogen (secondary N) is 1. The van der Waals surface area contributed by atoms with Crippen LogP contribution in [0.3, 0.4) is 0 Å². The molecule has 0 aromatic carbocycles. The van der Waals surface area contributed by atoms with E-state index in [0.29, 0.717) is 12.8 Å². The summed E-state index contributed by atoms with van der Waals surface area (Å²) in [5.41, 5.74) is 0. The van der Waals surface area contributed by atoms with E-state index in [1.54, 1.807) is 0 Å². The van der Waals surface area contributed by atoms with Gasteiger partial charge in [-0.2, -0.15) is 0 Å². The largest absolute Gasteiger partial charge is 0.394 e. The lowest BCUT2D eigenvalue weighted by Crippen LogP contribution is -2.60. The monoisotopic (exact) mass is 716 g/mol. The van der Waals surface area contributed by atoms with Crippen LogP contribution < -0.4 is 5.32 Å². The molecule has 50 heavy (non-hydrogen) atoms. The van der Waals surface area contributed by atoms with E-state index in [2.05, 4.69) is 31.3 Å². The lowest BCUT2D eigenvalue weighted by atomic mass is 9.99. The Kier molecular flexibility index (Phi) is 29.5. The molecule has 0 unspecified atom stereocenters. The fourth-order valence-corrected chi connectivity index (χ4v) is 6.51. The molecule has 1 aliphatic rings. The number of aliphatic hydroxyl groups is 6. The number of allylic oxidation sites excluding steroid dienone is 2. The van der Waals surface area contributed by atoms with Crippen LogP contribution >= 0.6 is 0 Å². The molecule has 10 heteroatoms. The molecular formula is C40H77NO9. The maximum atomic E-state index is 13.0. The molecule has 1 heterocycles. The van der Waals surface area contributed by atoms with Crippen molar-refractivity contribution in [3.8, 4) is 0 Å². The molecule has 0 aromatic rings. The predicted molar refractivity (Wildman–Crippen MR) is 200 cm³/mol. The number of hydrogen-bond acceptors (Lipinski definition) is 9. The van der Waals surface area contributed by atoms with Gasteiger partial charge in [-0.3, -0.25) is 4.79 Å². The van der Waals surface area contributed by atoms with Crippen LogP contribution in [0.4, 0.5) is 0 Å². The fraction of sp³-hybridized carbons (Fsp3) is 0.925. The molecule has 1 amide bonds. The molecule has 0 bridgehead atoms. The Labute approximate surface area is 304 Å². The number of ether oxygens (including phenoxy) is 2. The van der Waals surface area contributed by atoms with Crippen molar-refractivity contribution in [2.75, 3.05) is 13.2 Å². The first-order valence-corrected chi connectivity index (χ1v) is 20.5. The molecular weight excluding hydrogens is 638 g/mol. The molecule has 8 atom stereocenters. The average molecular weight is 716 g/mol. The van der Waals surface area contributed by atoms with Crippen LogP contribution in [-0.2, 0) is 14.3 Å². The Morgan fingerprint density at radius 3 is 1.64 bits per heavy atom. The van der Waals surface area contributed by atoms with Gasteiger partial charge < -0.3 is 45.4 Å². The predicted octanol–water partition coefficient (Wildman–Crippen LogP) is 6.36. The average Bonchev–Trinajstić information content (AvgIpc) is 3.11. The normalized spacial score (nSPS) is 22.9. The van der Waals surface area contributed by atoms with Crippen molar-refractivity contribution < 1.29 is 44.9 Å². The second-order valence-corrected chi connectivity index (χ2v) is 14.6. The van der Waals surface area contributed by atoms with Gasteiger partial charge in [-0.25, -0.2) is 0 Å². The smallest absolute Gasteiger partial charge is 0.249 e. The van der Waals surface area contributed by atoms with Gasteiger partial charge in [0.15, 0.2) is 6.29 Å². The number of hydrogen-bond donors (Lipinski definition) is 7. The minimum atomic E-state index is -1.60. The Balaban J connectivity index is 2.49. The van der Waals surface area contributed by atoms with Gasteiger partial charge in [0.05, 0.1) is 25.4 Å². The summed E-state index contributed by atoms with van der Waals surface area (Å²) in [6, 6.07) is -0.903. The Morgan fingerprint density at radius 2 is 1.12 bits per heavy atom. The van der Waals surface area contributed by atoms with Crippen molar-refractivity contribution in [1.82, 2.24) is 5.32 Å². The number of amides is 1. The summed E-state index contributed by atoms with van der Waals surface area (Å²) >= 11 is 0. The number of rotatable bonds is 33. The summed E-state index contributed by atoms with van der Waals surface area (Å²) < 4.78 is 11.1. The number of unbranched alkanes of at least 4 members (excludes halogenated alkanes) is 20. The third kappa shape index (κ3) is 22.1. The summed E-state index contributed by atoms with van der Waals surface area (Å²) in [5.74, 6) is -0.595. The van der Waals surface area contributed by atoms with Crippen LogP contribution in [0.1, 0.15) is 174 Å². The standard InChI is InChI=1S/C40H77NO9/c1-3-5-7-9-11-13-15-17-19-20-22-24-26-28-33(43)32(31-49-40-38(47)37(46)36(45)35(30-42)50-40)41-39(48)34(44)29-27-25-23-21-18-16-14-12-10-8-6-4-2/h19-20,32-38,40,42-47H,3-18,21-31H2,1-2H3,(H,41,48)/t32-,33+,34+,35+,36+,37-,38+,40+/m0/s1. The molecule has 1 aliphatic heterocycles. The SMILES string of the molecule is CCCCCCCCCC=CCCCC[C@@H](O)[C@H](CO[C@@H]1O[C@H](CO)[C@@H](O)[C@H](O)[C@H]1O)NC(=O)[C@H](O)CCCCCCCCCCCCCC. The lowest BCUT2D eigenvalue weighted by molar-refractivity contribution is -0.302. The number of carbonyl (C=O) groups is 1. The molecule has 0 aliphatic carbocycles. The molecule has 10 nitrogen and oxygen atoms in total. The maximum absolute atomic E-state index is 13.0. The van der Waals surface area contributed by atoms with Crippen LogP contribution in [0.2, 0.25) is 0 Å². The summed E-state index contributed by atoms with van der Waals surface area (Å²) in [6.07, 6.45) is 22.6. The molecule has 0 aromatic heterocycles. The molecule has 0 spiro atoms. The zero-order valence-corrected chi connectivity index (χ0v) is 31.8. The van der Waals surface area contributed by atoms with Crippen molar-refractivity contribution in [3.63, 3.8) is 0 Å². The van der Waals surface area contributed by atoms with Gasteiger partial charge in [-0.15, -0.1) is 0 Å². The second-order valence-electron chi connectivity index (χ2n) is 14.6. The Morgan fingerprint density at radius 1 is 0.660 bits per heavy atom. The van der Waals surface area contributed by atoms with E-state index in [9.17, 15) is 35.4 Å². The van der Waals surface area contributed by atoms with E-state index in [4.69, 9.17) is 9.47 Å². The van der Waals surface area contributed by atoms with Gasteiger partial charge in [0, 0.05) is 0 Å².